The van der Waals surface area contributed by atoms with E-state index in [9.17, 15) is 4.79 Å². The number of fused-ring (bicyclic) bond motifs is 2. The summed E-state index contributed by atoms with van der Waals surface area (Å²) in [6.45, 7) is 2.15. The van der Waals surface area contributed by atoms with Gasteiger partial charge in [0.25, 0.3) is 0 Å². The number of ether oxygens (including phenoxy) is 1. The minimum atomic E-state index is -0.167. The van der Waals surface area contributed by atoms with Crippen molar-refractivity contribution in [3.63, 3.8) is 0 Å². The molecule has 0 N–H and O–H groups in total. The van der Waals surface area contributed by atoms with Gasteiger partial charge in [-0.25, -0.2) is 0 Å². The first-order valence-electron chi connectivity index (χ1n) is 5.82. The molecule has 0 amide bonds. The Kier molecular flexibility index (Phi) is 3.44. The van der Waals surface area contributed by atoms with Crippen LogP contribution in [-0.2, 0) is 4.79 Å². The van der Waals surface area contributed by atoms with Crippen molar-refractivity contribution in [2.45, 2.75) is 39.0 Å². The topological polar surface area (TPSA) is 39.4 Å². The largest absolute Gasteiger partial charge is 0.453 e. The van der Waals surface area contributed by atoms with Crippen molar-refractivity contribution in [1.29, 1.82) is 0 Å². The van der Waals surface area contributed by atoms with E-state index in [1.54, 1.807) is 6.07 Å². The molecule has 0 atom stereocenters. The number of carbonyl (C=O) groups is 1. The van der Waals surface area contributed by atoms with E-state index in [0.29, 0.717) is 17.8 Å². The quantitative estimate of drug-likeness (QED) is 0.423. The highest BCUT2D eigenvalue weighted by molar-refractivity contribution is 5.78. The van der Waals surface area contributed by atoms with Crippen LogP contribution < -0.4 is 4.74 Å². The molecule has 0 saturated heterocycles. The van der Waals surface area contributed by atoms with Crippen LogP contribution in [0, 0.1) is 0 Å². The van der Waals surface area contributed by atoms with Gasteiger partial charge in [-0.1, -0.05) is 26.2 Å². The second kappa shape index (κ2) is 5.01. The lowest BCUT2D eigenvalue weighted by Crippen LogP contribution is -2.07. The Morgan fingerprint density at radius 3 is 2.81 bits per heavy atom. The molecular formula is C13H16O3. The van der Waals surface area contributed by atoms with Crippen LogP contribution in [0.15, 0.2) is 22.6 Å². The third-order valence-electron chi connectivity index (χ3n) is 2.60. The molecule has 3 nitrogen and oxygen atoms in total. The zero-order valence-electron chi connectivity index (χ0n) is 9.49. The fourth-order valence-electron chi connectivity index (χ4n) is 1.71. The van der Waals surface area contributed by atoms with Gasteiger partial charge < -0.3 is 9.15 Å². The molecule has 86 valence electrons. The second-order valence-electron chi connectivity index (χ2n) is 4.00. The number of hydrogen-bond acceptors (Lipinski definition) is 3. The first kappa shape index (κ1) is 11.0. The van der Waals surface area contributed by atoms with Crippen molar-refractivity contribution in [3.8, 4) is 5.75 Å². The van der Waals surface area contributed by atoms with E-state index in [1.807, 2.05) is 12.1 Å². The molecule has 0 saturated carbocycles. The van der Waals surface area contributed by atoms with Gasteiger partial charge in [0.2, 0.25) is 0 Å². The molecule has 2 heterocycles. The van der Waals surface area contributed by atoms with Crippen molar-refractivity contribution in [2.24, 2.45) is 0 Å². The predicted molar refractivity (Wildman–Crippen MR) is 61.8 cm³/mol. The van der Waals surface area contributed by atoms with E-state index in [4.69, 9.17) is 9.15 Å². The SMILES string of the molecule is CCCCCCC(=O)Oc1cc2ccc1o2. The molecule has 0 aliphatic carbocycles. The fourth-order valence-corrected chi connectivity index (χ4v) is 1.71. The molecule has 16 heavy (non-hydrogen) atoms. The fraction of sp³-hybridized carbons (Fsp3) is 0.462. The summed E-state index contributed by atoms with van der Waals surface area (Å²) in [5.41, 5.74) is 1.40. The summed E-state index contributed by atoms with van der Waals surface area (Å²) >= 11 is 0. The first-order chi connectivity index (χ1) is 7.79. The van der Waals surface area contributed by atoms with Crippen LogP contribution in [0.4, 0.5) is 0 Å². The molecule has 2 aromatic rings. The average Bonchev–Trinajstić information content (AvgIpc) is 2.86. The molecule has 0 radical (unpaired) electrons. The summed E-state index contributed by atoms with van der Waals surface area (Å²) in [5.74, 6) is 0.387. The molecule has 0 aromatic carbocycles. The van der Waals surface area contributed by atoms with E-state index in [2.05, 4.69) is 6.92 Å². The minimum Gasteiger partial charge on any atom is -0.453 e. The summed E-state index contributed by atoms with van der Waals surface area (Å²) in [7, 11) is 0. The monoisotopic (exact) mass is 220 g/mol. The van der Waals surface area contributed by atoms with Crippen LogP contribution in [0.3, 0.4) is 0 Å². The summed E-state index contributed by atoms with van der Waals surface area (Å²) < 4.78 is 10.5. The number of hydrogen-bond donors (Lipinski definition) is 0. The van der Waals surface area contributed by atoms with Gasteiger partial charge in [-0.3, -0.25) is 4.79 Å². The molecule has 0 aliphatic heterocycles. The summed E-state index contributed by atoms with van der Waals surface area (Å²) in [4.78, 5) is 11.5. The number of rotatable bonds is 6. The van der Waals surface area contributed by atoms with Crippen LogP contribution >= 0.6 is 0 Å². The normalized spacial score (nSPS) is 11.1. The van der Waals surface area contributed by atoms with E-state index in [1.165, 1.54) is 12.8 Å². The maximum atomic E-state index is 11.5. The van der Waals surface area contributed by atoms with Crippen molar-refractivity contribution in [3.05, 3.63) is 18.2 Å². The Morgan fingerprint density at radius 2 is 2.19 bits per heavy atom. The number of esters is 1. The van der Waals surface area contributed by atoms with Gasteiger partial charge in [0.1, 0.15) is 5.58 Å². The van der Waals surface area contributed by atoms with Crippen LogP contribution in [-0.4, -0.2) is 5.97 Å². The highest BCUT2D eigenvalue weighted by Crippen LogP contribution is 2.29. The van der Waals surface area contributed by atoms with Gasteiger partial charge in [0, 0.05) is 12.5 Å². The molecule has 0 spiro atoms. The van der Waals surface area contributed by atoms with E-state index in [-0.39, 0.29) is 5.97 Å². The zero-order chi connectivity index (χ0) is 11.4. The third-order valence-corrected chi connectivity index (χ3v) is 2.60. The predicted octanol–water partition coefficient (Wildman–Crippen LogP) is 3.75. The van der Waals surface area contributed by atoms with Crippen LogP contribution in [0.2, 0.25) is 0 Å². The van der Waals surface area contributed by atoms with Gasteiger partial charge in [-0.15, -0.1) is 0 Å². The molecule has 0 aliphatic rings. The Hall–Kier alpha value is -1.51. The van der Waals surface area contributed by atoms with Crippen LogP contribution in [0.5, 0.6) is 5.75 Å². The van der Waals surface area contributed by atoms with Gasteiger partial charge in [0.05, 0.1) is 0 Å². The van der Waals surface area contributed by atoms with Gasteiger partial charge >= 0.3 is 5.97 Å². The van der Waals surface area contributed by atoms with E-state index < -0.39 is 0 Å². The lowest BCUT2D eigenvalue weighted by atomic mass is 10.1. The van der Waals surface area contributed by atoms with Crippen molar-refractivity contribution in [1.82, 2.24) is 0 Å². The van der Waals surface area contributed by atoms with Crippen LogP contribution in [0.1, 0.15) is 39.0 Å². The minimum absolute atomic E-state index is 0.167. The van der Waals surface area contributed by atoms with Gasteiger partial charge in [0.15, 0.2) is 11.3 Å². The lowest BCUT2D eigenvalue weighted by Gasteiger charge is -2.01. The molecule has 3 heteroatoms. The number of carbonyl (C=O) groups excluding carboxylic acids is 1. The van der Waals surface area contributed by atoms with Crippen molar-refractivity contribution >= 4 is 17.1 Å². The molecule has 2 aromatic heterocycles. The molecular weight excluding hydrogens is 204 g/mol. The van der Waals surface area contributed by atoms with Crippen molar-refractivity contribution < 1.29 is 13.9 Å². The average molecular weight is 220 g/mol. The van der Waals surface area contributed by atoms with Crippen LogP contribution in [0.25, 0.3) is 11.2 Å². The Balaban J connectivity index is 1.77. The third kappa shape index (κ3) is 2.54. The molecule has 2 rings (SSSR count). The summed E-state index contributed by atoms with van der Waals surface area (Å²) in [5, 5.41) is 0. The number of benzene rings is 1. The second-order valence-corrected chi connectivity index (χ2v) is 4.00. The Bertz CT molecular complexity index is 444. The van der Waals surface area contributed by atoms with Gasteiger partial charge in [-0.05, 0) is 18.6 Å². The first-order valence-corrected chi connectivity index (χ1v) is 5.82. The zero-order valence-corrected chi connectivity index (χ0v) is 9.49. The Labute approximate surface area is 94.7 Å². The molecule has 2 bridgehead atoms. The summed E-state index contributed by atoms with van der Waals surface area (Å²) in [6.07, 6.45) is 4.84. The number of unbranched alkanes of at least 4 members (excludes halogenated alkanes) is 3. The van der Waals surface area contributed by atoms with E-state index >= 15 is 0 Å². The lowest BCUT2D eigenvalue weighted by molar-refractivity contribution is -0.134. The maximum Gasteiger partial charge on any atom is 0.311 e. The van der Waals surface area contributed by atoms with Crippen molar-refractivity contribution in [2.75, 3.05) is 0 Å². The smallest absolute Gasteiger partial charge is 0.311 e. The summed E-state index contributed by atoms with van der Waals surface area (Å²) in [6, 6.07) is 5.42. The molecule has 0 unspecified atom stereocenters. The number of furan rings is 2. The molecule has 0 fully saturated rings. The highest BCUT2D eigenvalue weighted by atomic mass is 16.5. The standard InChI is InChI=1S/C13H16O3/c1-2-3-4-5-6-13(14)16-12-9-10-7-8-11(12)15-10/h7-9H,2-6H2,1H3. The van der Waals surface area contributed by atoms with E-state index in [0.717, 1.165) is 18.4 Å². The highest BCUT2D eigenvalue weighted by Gasteiger charge is 2.11. The van der Waals surface area contributed by atoms with Gasteiger partial charge in [-0.2, -0.15) is 0 Å². The Morgan fingerprint density at radius 1 is 1.31 bits per heavy atom. The maximum absolute atomic E-state index is 11.5.